The lowest BCUT2D eigenvalue weighted by Gasteiger charge is -2.35. The second-order valence-electron chi connectivity index (χ2n) is 11.8. The van der Waals surface area contributed by atoms with Crippen LogP contribution in [0.3, 0.4) is 0 Å². The molecule has 1 N–H and O–H groups in total. The lowest BCUT2D eigenvalue weighted by atomic mass is 9.94. The molecule has 4 aromatic rings. The van der Waals surface area contributed by atoms with E-state index < -0.39 is 28.5 Å². The van der Waals surface area contributed by atoms with Gasteiger partial charge >= 0.3 is 0 Å². The van der Waals surface area contributed by atoms with Gasteiger partial charge in [0.05, 0.1) is 17.2 Å². The zero-order chi connectivity index (χ0) is 33.1. The second-order valence-corrected chi connectivity index (χ2v) is 13.7. The highest BCUT2D eigenvalue weighted by Crippen LogP contribution is 2.27. The summed E-state index contributed by atoms with van der Waals surface area (Å²) in [6.07, 6.45) is 5.34. The number of nitrogens with one attached hydrogen (secondary N) is 1. The van der Waals surface area contributed by atoms with Gasteiger partial charge in [0.15, 0.2) is 0 Å². The van der Waals surface area contributed by atoms with Crippen molar-refractivity contribution in [2.24, 2.45) is 0 Å². The van der Waals surface area contributed by atoms with Crippen molar-refractivity contribution in [3.63, 3.8) is 0 Å². The molecule has 1 atom stereocenters. The molecule has 0 saturated heterocycles. The molecule has 4 aromatic carbocycles. The minimum absolute atomic E-state index is 0.0306. The summed E-state index contributed by atoms with van der Waals surface area (Å²) < 4.78 is 35.1. The summed E-state index contributed by atoms with van der Waals surface area (Å²) in [6, 6.07) is 33.1. The molecule has 0 aromatic heterocycles. The molecule has 1 saturated carbocycles. The van der Waals surface area contributed by atoms with Crippen LogP contribution in [0.25, 0.3) is 0 Å². The molecule has 9 heteroatoms. The lowest BCUT2D eigenvalue weighted by Crippen LogP contribution is -2.55. The fraction of sp³-hybridized carbons (Fsp3) is 0.316. The number of carbonyl (C=O) groups excluding carboxylic acids is 2. The third-order valence-corrected chi connectivity index (χ3v) is 10.3. The fourth-order valence-corrected chi connectivity index (χ4v) is 7.42. The first-order valence-corrected chi connectivity index (χ1v) is 17.8. The molecule has 47 heavy (non-hydrogen) atoms. The van der Waals surface area contributed by atoms with E-state index in [0.717, 1.165) is 47.5 Å². The monoisotopic (exact) mass is 653 g/mol. The van der Waals surface area contributed by atoms with Crippen LogP contribution in [-0.4, -0.2) is 50.4 Å². The summed E-state index contributed by atoms with van der Waals surface area (Å²) in [5.41, 5.74) is 2.09. The molecule has 0 aliphatic heterocycles. The summed E-state index contributed by atoms with van der Waals surface area (Å²) in [5.74, 6) is -0.159. The average Bonchev–Trinajstić information content (AvgIpc) is 3.10. The molecule has 0 spiro atoms. The fourth-order valence-electron chi connectivity index (χ4n) is 6.00. The van der Waals surface area contributed by atoms with Gasteiger partial charge in [-0.1, -0.05) is 98.1 Å². The Bertz CT molecular complexity index is 1680. The van der Waals surface area contributed by atoms with Crippen LogP contribution in [-0.2, 0) is 32.6 Å². The topological polar surface area (TPSA) is 96.0 Å². The zero-order valence-corrected chi connectivity index (χ0v) is 27.6. The smallest absolute Gasteiger partial charge is 0.264 e. The summed E-state index contributed by atoms with van der Waals surface area (Å²) in [6.45, 7) is 1.96. The Morgan fingerprint density at radius 3 is 1.96 bits per heavy atom. The zero-order valence-electron chi connectivity index (χ0n) is 26.8. The first-order valence-electron chi connectivity index (χ1n) is 16.3. The van der Waals surface area contributed by atoms with Gasteiger partial charge in [-0.3, -0.25) is 13.9 Å². The Morgan fingerprint density at radius 2 is 1.36 bits per heavy atom. The van der Waals surface area contributed by atoms with Crippen LogP contribution in [0.15, 0.2) is 120 Å². The van der Waals surface area contributed by atoms with Crippen molar-refractivity contribution >= 4 is 27.5 Å². The number of rotatable bonds is 14. The predicted octanol–water partition coefficient (Wildman–Crippen LogP) is 6.37. The van der Waals surface area contributed by atoms with E-state index in [0.29, 0.717) is 18.0 Å². The molecule has 0 heterocycles. The highest BCUT2D eigenvalue weighted by Gasteiger charge is 2.35. The number of nitrogens with zero attached hydrogens (tertiary/aromatic N) is 2. The molecule has 0 unspecified atom stereocenters. The van der Waals surface area contributed by atoms with Crippen LogP contribution in [0.2, 0.25) is 0 Å². The standard InChI is InChI=1S/C38H43N3O5S/c1-2-46-34-23-25-35(26-24-34)47(44,45)41(33-21-13-6-14-22-33)29-37(42)40(28-31-17-9-4-10-18-31)36(27-30-15-7-3-8-16-30)38(43)39-32-19-11-5-12-20-32/h3-4,6-10,13-18,21-26,32,36H,2,5,11-12,19-20,27-29H2,1H3,(H,39,43)/t36-/m1/s1. The number of hydrogen-bond donors (Lipinski definition) is 1. The largest absolute Gasteiger partial charge is 0.494 e. The average molecular weight is 654 g/mol. The van der Waals surface area contributed by atoms with Crippen LogP contribution >= 0.6 is 0 Å². The maximum absolute atomic E-state index is 14.6. The van der Waals surface area contributed by atoms with Crippen molar-refractivity contribution in [3.8, 4) is 5.75 Å². The molecule has 1 aliphatic rings. The number of anilines is 1. The Balaban J connectivity index is 1.52. The number of hydrogen-bond acceptors (Lipinski definition) is 5. The Labute approximate surface area is 278 Å². The molecule has 8 nitrogen and oxygen atoms in total. The van der Waals surface area contributed by atoms with Gasteiger partial charge in [-0.15, -0.1) is 0 Å². The normalized spacial score (nSPS) is 14.1. The number of ether oxygens (including phenoxy) is 1. The Hall–Kier alpha value is -4.63. The van der Waals surface area contributed by atoms with Crippen LogP contribution in [0.5, 0.6) is 5.75 Å². The minimum Gasteiger partial charge on any atom is -0.494 e. The summed E-state index contributed by atoms with van der Waals surface area (Å²) in [7, 11) is -4.19. The molecule has 0 bridgehead atoms. The van der Waals surface area contributed by atoms with Gasteiger partial charge < -0.3 is 15.0 Å². The van der Waals surface area contributed by atoms with Gasteiger partial charge in [-0.2, -0.15) is 0 Å². The molecular weight excluding hydrogens is 611 g/mol. The summed E-state index contributed by atoms with van der Waals surface area (Å²) in [4.78, 5) is 30.3. The van der Waals surface area contributed by atoms with Crippen molar-refractivity contribution in [2.45, 2.75) is 69.0 Å². The van der Waals surface area contributed by atoms with E-state index in [1.807, 2.05) is 67.6 Å². The molecule has 1 fully saturated rings. The number of carbonyl (C=O) groups is 2. The minimum atomic E-state index is -4.19. The predicted molar refractivity (Wildman–Crippen MR) is 185 cm³/mol. The number of para-hydroxylation sites is 1. The number of sulfonamides is 1. The quantitative estimate of drug-likeness (QED) is 0.171. The maximum atomic E-state index is 14.6. The molecule has 5 rings (SSSR count). The Kier molecular flexibility index (Phi) is 11.7. The van der Waals surface area contributed by atoms with Crippen molar-refractivity contribution in [3.05, 3.63) is 126 Å². The Morgan fingerprint density at radius 1 is 0.787 bits per heavy atom. The molecule has 0 radical (unpaired) electrons. The number of amides is 2. The van der Waals surface area contributed by atoms with E-state index >= 15 is 0 Å². The first kappa shape index (κ1) is 33.7. The first-order chi connectivity index (χ1) is 22.8. The molecule has 1 aliphatic carbocycles. The van der Waals surface area contributed by atoms with Crippen molar-refractivity contribution < 1.29 is 22.7 Å². The van der Waals surface area contributed by atoms with Crippen molar-refractivity contribution in [1.82, 2.24) is 10.2 Å². The van der Waals surface area contributed by atoms with E-state index in [-0.39, 0.29) is 29.8 Å². The van der Waals surface area contributed by atoms with Crippen molar-refractivity contribution in [2.75, 3.05) is 17.5 Å². The molecule has 246 valence electrons. The summed E-state index contributed by atoms with van der Waals surface area (Å²) >= 11 is 0. The van der Waals surface area contributed by atoms with Crippen LogP contribution < -0.4 is 14.4 Å². The van der Waals surface area contributed by atoms with E-state index in [1.165, 1.54) is 12.1 Å². The van der Waals surface area contributed by atoms with E-state index in [4.69, 9.17) is 4.74 Å². The highest BCUT2D eigenvalue weighted by atomic mass is 32.2. The van der Waals surface area contributed by atoms with Crippen LogP contribution in [0, 0.1) is 0 Å². The molecule has 2 amide bonds. The maximum Gasteiger partial charge on any atom is 0.264 e. The van der Waals surface area contributed by atoms with Crippen LogP contribution in [0.4, 0.5) is 5.69 Å². The van der Waals surface area contributed by atoms with Gasteiger partial charge in [0.2, 0.25) is 11.8 Å². The SMILES string of the molecule is CCOc1ccc(S(=O)(=O)N(CC(=O)N(Cc2ccccc2)[C@H](Cc2ccccc2)C(=O)NC2CCCCC2)c2ccccc2)cc1. The van der Waals surface area contributed by atoms with Crippen molar-refractivity contribution in [1.29, 1.82) is 0 Å². The van der Waals surface area contributed by atoms with E-state index in [1.54, 1.807) is 47.4 Å². The highest BCUT2D eigenvalue weighted by molar-refractivity contribution is 7.92. The second kappa shape index (κ2) is 16.3. The molecular formula is C38H43N3O5S. The van der Waals surface area contributed by atoms with Crippen LogP contribution in [0.1, 0.15) is 50.2 Å². The van der Waals surface area contributed by atoms with Gasteiger partial charge in [0, 0.05) is 19.0 Å². The third kappa shape index (κ3) is 9.01. The van der Waals surface area contributed by atoms with E-state index in [9.17, 15) is 18.0 Å². The van der Waals surface area contributed by atoms with E-state index in [2.05, 4.69) is 5.32 Å². The van der Waals surface area contributed by atoms with Gasteiger partial charge in [0.25, 0.3) is 10.0 Å². The lowest BCUT2D eigenvalue weighted by molar-refractivity contribution is -0.140. The van der Waals surface area contributed by atoms with Gasteiger partial charge in [-0.05, 0) is 67.3 Å². The van der Waals surface area contributed by atoms with Gasteiger partial charge in [0.1, 0.15) is 18.3 Å². The summed E-state index contributed by atoms with van der Waals surface area (Å²) in [5, 5.41) is 3.24. The number of benzene rings is 4. The third-order valence-electron chi connectivity index (χ3n) is 8.46. The van der Waals surface area contributed by atoms with Gasteiger partial charge in [-0.25, -0.2) is 8.42 Å².